The number of nitrogens with two attached hydrogens (primary N) is 1. The molecule has 0 fully saturated rings. The van der Waals surface area contributed by atoms with Crippen LogP contribution in [-0.2, 0) is 9.59 Å². The van der Waals surface area contributed by atoms with Crippen LogP contribution in [0.2, 0.25) is 0 Å². The molecule has 0 aliphatic rings. The Labute approximate surface area is 98.2 Å². The van der Waals surface area contributed by atoms with Crippen LogP contribution < -0.4 is 16.4 Å². The van der Waals surface area contributed by atoms with Gasteiger partial charge in [0.1, 0.15) is 6.04 Å². The van der Waals surface area contributed by atoms with Crippen LogP contribution in [0.1, 0.15) is 19.3 Å². The molecule has 3 amide bonds. The molecule has 6 N–H and O–H groups in total. The van der Waals surface area contributed by atoms with E-state index in [1.807, 2.05) is 0 Å². The van der Waals surface area contributed by atoms with Gasteiger partial charge in [0.15, 0.2) is 0 Å². The first-order chi connectivity index (χ1) is 7.97. The van der Waals surface area contributed by atoms with E-state index in [1.165, 1.54) is 0 Å². The average Bonchev–Trinajstić information content (AvgIpc) is 2.23. The van der Waals surface area contributed by atoms with Crippen LogP contribution in [0.4, 0.5) is 4.79 Å². The lowest BCUT2D eigenvalue weighted by molar-refractivity contribution is -0.139. The molecule has 0 aliphatic heterocycles. The number of hydrogen-bond acceptors (Lipinski definition) is 4. The van der Waals surface area contributed by atoms with E-state index >= 15 is 0 Å². The number of nitrogens with one attached hydrogen (secondary N) is 2. The quantitative estimate of drug-likeness (QED) is 0.328. The van der Waals surface area contributed by atoms with Crippen molar-refractivity contribution < 1.29 is 24.6 Å². The van der Waals surface area contributed by atoms with E-state index in [2.05, 4.69) is 10.6 Å². The maximum absolute atomic E-state index is 11.2. The SMILES string of the molecule is NC(=O)CCCNC(=O)N[C@H](CCO)C(=O)O. The van der Waals surface area contributed by atoms with Crippen LogP contribution in [0.25, 0.3) is 0 Å². The van der Waals surface area contributed by atoms with Crippen LogP contribution in [0.3, 0.4) is 0 Å². The highest BCUT2D eigenvalue weighted by Crippen LogP contribution is 1.91. The van der Waals surface area contributed by atoms with Crippen LogP contribution in [0.15, 0.2) is 0 Å². The third-order valence-corrected chi connectivity index (χ3v) is 1.91. The van der Waals surface area contributed by atoms with E-state index in [9.17, 15) is 14.4 Å². The van der Waals surface area contributed by atoms with Crippen LogP contribution in [-0.4, -0.2) is 47.3 Å². The number of aliphatic carboxylic acids is 1. The highest BCUT2D eigenvalue weighted by Gasteiger charge is 2.18. The Balaban J connectivity index is 3.82. The van der Waals surface area contributed by atoms with Gasteiger partial charge in [-0.15, -0.1) is 0 Å². The number of aliphatic hydroxyl groups excluding tert-OH is 1. The second-order valence-electron chi connectivity index (χ2n) is 3.37. The van der Waals surface area contributed by atoms with Crippen molar-refractivity contribution in [1.82, 2.24) is 10.6 Å². The highest BCUT2D eigenvalue weighted by molar-refractivity contribution is 5.82. The highest BCUT2D eigenvalue weighted by atomic mass is 16.4. The van der Waals surface area contributed by atoms with Gasteiger partial charge < -0.3 is 26.6 Å². The Bertz CT molecular complexity index is 282. The van der Waals surface area contributed by atoms with Crippen molar-refractivity contribution in [2.45, 2.75) is 25.3 Å². The van der Waals surface area contributed by atoms with Crippen molar-refractivity contribution in [3.05, 3.63) is 0 Å². The number of amides is 3. The first-order valence-corrected chi connectivity index (χ1v) is 5.13. The Morgan fingerprint density at radius 1 is 1.29 bits per heavy atom. The zero-order chi connectivity index (χ0) is 13.3. The summed E-state index contributed by atoms with van der Waals surface area (Å²) in [6.07, 6.45) is 0.476. The summed E-state index contributed by atoms with van der Waals surface area (Å²) < 4.78 is 0. The molecule has 0 unspecified atom stereocenters. The standard InChI is InChI=1S/C9H17N3O5/c10-7(14)2-1-4-11-9(17)12-6(3-5-13)8(15)16/h6,13H,1-5H2,(H2,10,14)(H,15,16)(H2,11,12,17)/t6-/m1/s1. The van der Waals surface area contributed by atoms with Crippen molar-refractivity contribution >= 4 is 17.9 Å². The minimum Gasteiger partial charge on any atom is -0.480 e. The molecule has 0 aliphatic carbocycles. The number of carbonyl (C=O) groups is 3. The number of carbonyl (C=O) groups excluding carboxylic acids is 2. The normalized spacial score (nSPS) is 11.6. The van der Waals surface area contributed by atoms with Gasteiger partial charge in [0.2, 0.25) is 5.91 Å². The van der Waals surface area contributed by atoms with E-state index < -0.39 is 23.9 Å². The number of urea groups is 1. The van der Waals surface area contributed by atoms with Gasteiger partial charge in [-0.25, -0.2) is 9.59 Å². The topological polar surface area (TPSA) is 142 Å². The first kappa shape index (κ1) is 15.2. The average molecular weight is 247 g/mol. The lowest BCUT2D eigenvalue weighted by atomic mass is 10.2. The van der Waals surface area contributed by atoms with Crippen molar-refractivity contribution in [3.8, 4) is 0 Å². The maximum Gasteiger partial charge on any atom is 0.326 e. The van der Waals surface area contributed by atoms with Gasteiger partial charge in [0.25, 0.3) is 0 Å². The molecular weight excluding hydrogens is 230 g/mol. The minimum atomic E-state index is -1.22. The molecule has 0 saturated heterocycles. The molecule has 0 bridgehead atoms. The van der Waals surface area contributed by atoms with E-state index in [0.29, 0.717) is 6.42 Å². The Morgan fingerprint density at radius 3 is 2.41 bits per heavy atom. The summed E-state index contributed by atoms with van der Waals surface area (Å²) in [7, 11) is 0. The zero-order valence-corrected chi connectivity index (χ0v) is 9.31. The molecule has 0 spiro atoms. The molecule has 0 rings (SSSR count). The molecule has 8 nitrogen and oxygen atoms in total. The monoisotopic (exact) mass is 247 g/mol. The Morgan fingerprint density at radius 2 is 1.94 bits per heavy atom. The van der Waals surface area contributed by atoms with Crippen molar-refractivity contribution in [3.63, 3.8) is 0 Å². The lowest BCUT2D eigenvalue weighted by Crippen LogP contribution is -2.46. The minimum absolute atomic E-state index is 0.0654. The van der Waals surface area contributed by atoms with E-state index in [-0.39, 0.29) is 26.0 Å². The lowest BCUT2D eigenvalue weighted by Gasteiger charge is -2.13. The summed E-state index contributed by atoms with van der Waals surface area (Å²) >= 11 is 0. The zero-order valence-electron chi connectivity index (χ0n) is 9.31. The fourth-order valence-electron chi connectivity index (χ4n) is 1.06. The third-order valence-electron chi connectivity index (χ3n) is 1.91. The smallest absolute Gasteiger partial charge is 0.326 e. The molecule has 8 heteroatoms. The molecule has 0 heterocycles. The summed E-state index contributed by atoms with van der Waals surface area (Å²) in [5, 5.41) is 21.8. The van der Waals surface area contributed by atoms with Crippen molar-refractivity contribution in [2.75, 3.05) is 13.2 Å². The van der Waals surface area contributed by atoms with Crippen LogP contribution >= 0.6 is 0 Å². The van der Waals surface area contributed by atoms with E-state index in [0.717, 1.165) is 0 Å². The molecule has 0 radical (unpaired) electrons. The summed E-state index contributed by atoms with van der Waals surface area (Å²) in [5.74, 6) is -1.68. The molecule has 0 saturated carbocycles. The first-order valence-electron chi connectivity index (χ1n) is 5.13. The van der Waals surface area contributed by atoms with Gasteiger partial charge in [0.05, 0.1) is 0 Å². The fraction of sp³-hybridized carbons (Fsp3) is 0.667. The predicted molar refractivity (Wildman–Crippen MR) is 58.1 cm³/mol. The Kier molecular flexibility index (Phi) is 7.44. The predicted octanol–water partition coefficient (Wildman–Crippen LogP) is -1.61. The molecule has 98 valence electrons. The summed E-state index contributed by atoms with van der Waals surface area (Å²) in [5.41, 5.74) is 4.90. The van der Waals surface area contributed by atoms with Crippen LogP contribution in [0.5, 0.6) is 0 Å². The molecule has 0 aromatic rings. The van der Waals surface area contributed by atoms with E-state index in [4.69, 9.17) is 15.9 Å². The molecule has 1 atom stereocenters. The molecule has 0 aromatic carbocycles. The summed E-state index contributed by atoms with van der Waals surface area (Å²) in [6.45, 7) is -0.112. The largest absolute Gasteiger partial charge is 0.480 e. The summed E-state index contributed by atoms with van der Waals surface area (Å²) in [6, 6.07) is -1.79. The fourth-order valence-corrected chi connectivity index (χ4v) is 1.06. The second-order valence-corrected chi connectivity index (χ2v) is 3.37. The number of aliphatic hydroxyl groups is 1. The van der Waals surface area contributed by atoms with Gasteiger partial charge >= 0.3 is 12.0 Å². The van der Waals surface area contributed by atoms with Crippen molar-refractivity contribution in [2.24, 2.45) is 5.73 Å². The van der Waals surface area contributed by atoms with Gasteiger partial charge in [-0.3, -0.25) is 4.79 Å². The van der Waals surface area contributed by atoms with Gasteiger partial charge in [-0.1, -0.05) is 0 Å². The third kappa shape index (κ3) is 8.03. The van der Waals surface area contributed by atoms with Crippen LogP contribution in [0, 0.1) is 0 Å². The Hall–Kier alpha value is -1.83. The number of primary amides is 1. The van der Waals surface area contributed by atoms with Gasteiger partial charge in [-0.05, 0) is 6.42 Å². The van der Waals surface area contributed by atoms with Gasteiger partial charge in [-0.2, -0.15) is 0 Å². The molecule has 0 aromatic heterocycles. The number of carboxylic acid groups (broad SMARTS) is 1. The number of carboxylic acids is 1. The molecular formula is C9H17N3O5. The molecule has 17 heavy (non-hydrogen) atoms. The summed E-state index contributed by atoms with van der Waals surface area (Å²) in [4.78, 5) is 32.2. The van der Waals surface area contributed by atoms with Crippen molar-refractivity contribution in [1.29, 1.82) is 0 Å². The van der Waals surface area contributed by atoms with Gasteiger partial charge in [0, 0.05) is 26.0 Å². The number of hydrogen-bond donors (Lipinski definition) is 5. The van der Waals surface area contributed by atoms with E-state index in [1.54, 1.807) is 0 Å². The maximum atomic E-state index is 11.2. The second kappa shape index (κ2) is 8.34. The number of rotatable bonds is 8.